The highest BCUT2D eigenvalue weighted by atomic mass is 19.1. The number of amides is 3. The van der Waals surface area contributed by atoms with E-state index in [0.29, 0.717) is 30.0 Å². The molecule has 2 aromatic rings. The van der Waals surface area contributed by atoms with Gasteiger partial charge < -0.3 is 15.3 Å². The molecule has 166 valence electrons. The van der Waals surface area contributed by atoms with Crippen LogP contribution in [0.5, 0.6) is 0 Å². The second kappa shape index (κ2) is 8.92. The lowest BCUT2D eigenvalue weighted by atomic mass is 9.97. The van der Waals surface area contributed by atoms with E-state index in [1.807, 2.05) is 4.90 Å². The Hall–Kier alpha value is -3.52. The van der Waals surface area contributed by atoms with Crippen LogP contribution in [0.3, 0.4) is 0 Å². The topological polar surface area (TPSA) is 90.0 Å². The molecule has 7 nitrogen and oxygen atoms in total. The fourth-order valence-corrected chi connectivity index (χ4v) is 4.24. The number of halogens is 1. The lowest BCUT2D eigenvalue weighted by Gasteiger charge is -2.34. The largest absolute Gasteiger partial charge is 0.396 e. The second-order valence-electron chi connectivity index (χ2n) is 8.04. The molecule has 1 atom stereocenters. The molecule has 2 aliphatic rings. The highest BCUT2D eigenvalue weighted by Crippen LogP contribution is 2.36. The Bertz CT molecular complexity index is 1080. The maximum atomic E-state index is 13.5. The first-order valence-corrected chi connectivity index (χ1v) is 10.5. The van der Waals surface area contributed by atoms with Crippen molar-refractivity contribution in [2.75, 3.05) is 29.9 Å². The molecule has 0 radical (unpaired) electrons. The molecule has 0 aromatic heterocycles. The van der Waals surface area contributed by atoms with Crippen molar-refractivity contribution in [1.29, 1.82) is 0 Å². The first-order chi connectivity index (χ1) is 15.4. The molecule has 2 aliphatic heterocycles. The van der Waals surface area contributed by atoms with E-state index in [4.69, 9.17) is 0 Å². The van der Waals surface area contributed by atoms with Gasteiger partial charge in [0.25, 0.3) is 11.8 Å². The normalized spacial score (nSPS) is 19.0. The van der Waals surface area contributed by atoms with Gasteiger partial charge in [-0.3, -0.25) is 14.4 Å². The molecule has 8 heteroatoms. The summed E-state index contributed by atoms with van der Waals surface area (Å²) in [6.07, 6.45) is 1.65. The van der Waals surface area contributed by atoms with Gasteiger partial charge in [0.15, 0.2) is 0 Å². The van der Waals surface area contributed by atoms with E-state index in [2.05, 4.69) is 5.32 Å². The lowest BCUT2D eigenvalue weighted by Crippen LogP contribution is -2.40. The zero-order chi connectivity index (χ0) is 22.8. The highest BCUT2D eigenvalue weighted by Gasteiger charge is 2.43. The second-order valence-corrected chi connectivity index (χ2v) is 8.04. The van der Waals surface area contributed by atoms with Gasteiger partial charge in [-0.15, -0.1) is 0 Å². The molecule has 0 aliphatic carbocycles. The van der Waals surface area contributed by atoms with E-state index >= 15 is 0 Å². The Morgan fingerprint density at radius 1 is 1.09 bits per heavy atom. The number of anilines is 2. The van der Waals surface area contributed by atoms with Crippen molar-refractivity contribution in [2.24, 2.45) is 5.92 Å². The Balaban J connectivity index is 1.77. The van der Waals surface area contributed by atoms with Gasteiger partial charge in [0.1, 0.15) is 11.5 Å². The molecule has 2 heterocycles. The third-order valence-electron chi connectivity index (χ3n) is 5.73. The van der Waals surface area contributed by atoms with Crippen LogP contribution in [0, 0.1) is 11.7 Å². The van der Waals surface area contributed by atoms with Crippen molar-refractivity contribution >= 4 is 34.7 Å². The molecule has 1 saturated heterocycles. The van der Waals surface area contributed by atoms with Crippen molar-refractivity contribution in [2.45, 2.75) is 19.8 Å². The number of hydrogen-bond acceptors (Lipinski definition) is 5. The molecular formula is C24H24FN3O4. The molecule has 32 heavy (non-hydrogen) atoms. The number of piperidine rings is 1. The summed E-state index contributed by atoms with van der Waals surface area (Å²) in [6, 6.07) is 11.9. The standard InChI is InChI=1S/C24H24FN3O4/c1-15(30)26-19-8-4-17(5-9-19)21-22(27-12-2-3-16(13-27)14-29)24(32)28(23(21)31)20-10-6-18(25)7-11-20/h4-11,16,29H,2-3,12-14H2,1H3,(H,26,30). The third-order valence-corrected chi connectivity index (χ3v) is 5.73. The molecule has 2 N–H and O–H groups in total. The van der Waals surface area contributed by atoms with Crippen molar-refractivity contribution in [3.8, 4) is 0 Å². The summed E-state index contributed by atoms with van der Waals surface area (Å²) < 4.78 is 13.4. The summed E-state index contributed by atoms with van der Waals surface area (Å²) >= 11 is 0. The fourth-order valence-electron chi connectivity index (χ4n) is 4.24. The van der Waals surface area contributed by atoms with Gasteiger partial charge in [0.05, 0.1) is 11.3 Å². The maximum absolute atomic E-state index is 13.5. The first kappa shape index (κ1) is 21.7. The van der Waals surface area contributed by atoms with Crippen molar-refractivity contribution in [3.63, 3.8) is 0 Å². The Labute approximate surface area is 185 Å². The van der Waals surface area contributed by atoms with Gasteiger partial charge in [-0.05, 0) is 60.7 Å². The predicted molar refractivity (Wildman–Crippen MR) is 118 cm³/mol. The highest BCUT2D eigenvalue weighted by molar-refractivity contribution is 6.45. The number of carbonyl (C=O) groups is 3. The summed E-state index contributed by atoms with van der Waals surface area (Å²) in [7, 11) is 0. The van der Waals surface area contributed by atoms with Crippen LogP contribution in [0.15, 0.2) is 54.2 Å². The fraction of sp³-hybridized carbons (Fsp3) is 0.292. The monoisotopic (exact) mass is 437 g/mol. The average Bonchev–Trinajstić information content (AvgIpc) is 3.04. The predicted octanol–water partition coefficient (Wildman–Crippen LogP) is 2.77. The maximum Gasteiger partial charge on any atom is 0.282 e. The molecule has 0 saturated carbocycles. The summed E-state index contributed by atoms with van der Waals surface area (Å²) in [6.45, 7) is 2.47. The smallest absolute Gasteiger partial charge is 0.282 e. The number of nitrogens with zero attached hydrogens (tertiary/aromatic N) is 2. The number of carbonyl (C=O) groups excluding carboxylic acids is 3. The zero-order valence-corrected chi connectivity index (χ0v) is 17.7. The summed E-state index contributed by atoms with van der Waals surface area (Å²) in [5.74, 6) is -1.62. The van der Waals surface area contributed by atoms with Gasteiger partial charge in [0, 0.05) is 32.3 Å². The zero-order valence-electron chi connectivity index (χ0n) is 17.7. The molecule has 1 fully saturated rings. The van der Waals surface area contributed by atoms with E-state index in [0.717, 1.165) is 17.7 Å². The van der Waals surface area contributed by atoms with Gasteiger partial charge in [-0.1, -0.05) is 12.1 Å². The van der Waals surface area contributed by atoms with Crippen LogP contribution < -0.4 is 10.2 Å². The van der Waals surface area contributed by atoms with Crippen molar-refractivity contribution in [1.82, 2.24) is 4.90 Å². The Kier molecular flexibility index (Phi) is 6.05. The number of nitrogens with one attached hydrogen (secondary N) is 1. The van der Waals surface area contributed by atoms with Gasteiger partial charge in [-0.25, -0.2) is 9.29 Å². The van der Waals surface area contributed by atoms with E-state index in [-0.39, 0.29) is 29.7 Å². The molecule has 3 amide bonds. The van der Waals surface area contributed by atoms with E-state index in [9.17, 15) is 23.9 Å². The van der Waals surface area contributed by atoms with Crippen LogP contribution >= 0.6 is 0 Å². The van der Waals surface area contributed by atoms with Gasteiger partial charge in [-0.2, -0.15) is 0 Å². The number of benzene rings is 2. The van der Waals surface area contributed by atoms with E-state index in [1.165, 1.54) is 31.2 Å². The number of aliphatic hydroxyl groups excluding tert-OH is 1. The third kappa shape index (κ3) is 4.13. The van der Waals surface area contributed by atoms with E-state index in [1.54, 1.807) is 24.3 Å². The minimum Gasteiger partial charge on any atom is -0.396 e. The molecular weight excluding hydrogens is 413 g/mol. The SMILES string of the molecule is CC(=O)Nc1ccc(C2=C(N3CCCC(CO)C3)C(=O)N(c3ccc(F)cc3)C2=O)cc1. The number of likely N-dealkylation sites (tertiary alicyclic amines) is 1. The molecule has 0 spiro atoms. The number of aliphatic hydroxyl groups is 1. The molecule has 0 bridgehead atoms. The average molecular weight is 437 g/mol. The van der Waals surface area contributed by atoms with Gasteiger partial charge >= 0.3 is 0 Å². The minimum absolute atomic E-state index is 0.00827. The first-order valence-electron chi connectivity index (χ1n) is 10.5. The van der Waals surface area contributed by atoms with Crippen molar-refractivity contribution in [3.05, 3.63) is 65.6 Å². The Morgan fingerprint density at radius 2 is 1.78 bits per heavy atom. The minimum atomic E-state index is -0.491. The number of imide groups is 1. The molecule has 4 rings (SSSR count). The van der Waals surface area contributed by atoms with E-state index < -0.39 is 17.6 Å². The van der Waals surface area contributed by atoms with Crippen LogP contribution in [0.1, 0.15) is 25.3 Å². The quantitative estimate of drug-likeness (QED) is 0.702. The number of rotatable bonds is 5. The van der Waals surface area contributed by atoms with Gasteiger partial charge in [0.2, 0.25) is 5.91 Å². The molecule has 2 aromatic carbocycles. The molecule has 1 unspecified atom stereocenters. The summed E-state index contributed by atoms with van der Waals surface area (Å²) in [5.41, 5.74) is 1.95. The van der Waals surface area contributed by atoms with Crippen LogP contribution in [0.2, 0.25) is 0 Å². The van der Waals surface area contributed by atoms with Crippen LogP contribution in [0.4, 0.5) is 15.8 Å². The summed E-state index contributed by atoms with van der Waals surface area (Å²) in [5, 5.41) is 12.3. The van der Waals surface area contributed by atoms with Crippen LogP contribution in [-0.2, 0) is 14.4 Å². The van der Waals surface area contributed by atoms with Crippen molar-refractivity contribution < 1.29 is 23.9 Å². The summed E-state index contributed by atoms with van der Waals surface area (Å²) in [4.78, 5) is 41.2. The van der Waals surface area contributed by atoms with Crippen LogP contribution in [0.25, 0.3) is 5.57 Å². The Morgan fingerprint density at radius 3 is 2.41 bits per heavy atom. The van der Waals surface area contributed by atoms with Crippen LogP contribution in [-0.4, -0.2) is 47.4 Å². The number of hydrogen-bond donors (Lipinski definition) is 2. The lowest BCUT2D eigenvalue weighted by molar-refractivity contribution is -0.121.